The van der Waals surface area contributed by atoms with Gasteiger partial charge in [0, 0.05) is 6.07 Å². The highest BCUT2D eigenvalue weighted by Gasteiger charge is 2.17. The van der Waals surface area contributed by atoms with Crippen molar-refractivity contribution in [2.75, 3.05) is 12.4 Å². The first-order valence-corrected chi connectivity index (χ1v) is 9.16. The molecule has 1 heterocycles. The summed E-state index contributed by atoms with van der Waals surface area (Å²) < 4.78 is 12.7. The molecule has 6 nitrogen and oxygen atoms in total. The summed E-state index contributed by atoms with van der Waals surface area (Å²) in [5.41, 5.74) is 3.37. The topological polar surface area (TPSA) is 65.4 Å². The van der Waals surface area contributed by atoms with E-state index in [1.165, 1.54) is 5.56 Å². The molecule has 1 aromatic heterocycles. The minimum absolute atomic E-state index is 0.227. The summed E-state index contributed by atoms with van der Waals surface area (Å²) in [6.07, 6.45) is 1.03. The Labute approximate surface area is 165 Å². The minimum atomic E-state index is -0.633. The van der Waals surface area contributed by atoms with Crippen molar-refractivity contribution in [1.29, 1.82) is 0 Å². The summed E-state index contributed by atoms with van der Waals surface area (Å²) in [7, 11) is 1.64. The number of carbonyl (C=O) groups excluding carboxylic acids is 1. The number of carbonyl (C=O) groups is 1. The molecule has 1 N–H and O–H groups in total. The molecule has 3 rings (SSSR count). The summed E-state index contributed by atoms with van der Waals surface area (Å²) in [5, 5.41) is 7.19. The molecule has 2 aromatic carbocycles. The van der Waals surface area contributed by atoms with Gasteiger partial charge in [0.25, 0.3) is 5.91 Å². The van der Waals surface area contributed by atoms with E-state index in [0.717, 1.165) is 16.9 Å². The Balaban J connectivity index is 1.63. The van der Waals surface area contributed by atoms with Crippen LogP contribution in [-0.2, 0) is 11.3 Å². The molecule has 0 spiro atoms. The van der Waals surface area contributed by atoms with Gasteiger partial charge in [-0.3, -0.25) is 4.79 Å². The summed E-state index contributed by atoms with van der Waals surface area (Å²) in [4.78, 5) is 12.6. The molecule has 1 atom stereocenters. The zero-order valence-corrected chi connectivity index (χ0v) is 16.6. The standard InChI is InChI=1S/C22H25N3O3/c1-15-5-8-20(13-16(15)2)28-17(3)22(26)24-21-11-12-23-25(21)14-18-6-9-19(27-4)10-7-18/h5-13,17H,14H2,1-4H3,(H,24,26)/t17-/m0/s1. The number of nitrogens with one attached hydrogen (secondary N) is 1. The number of hydrogen-bond donors (Lipinski definition) is 1. The number of aryl methyl sites for hydroxylation is 2. The van der Waals surface area contributed by atoms with E-state index < -0.39 is 6.10 Å². The van der Waals surface area contributed by atoms with E-state index >= 15 is 0 Å². The third-order valence-corrected chi connectivity index (χ3v) is 4.62. The van der Waals surface area contributed by atoms with Crippen LogP contribution in [0.3, 0.4) is 0 Å². The van der Waals surface area contributed by atoms with Gasteiger partial charge in [-0.1, -0.05) is 18.2 Å². The first-order valence-electron chi connectivity index (χ1n) is 9.16. The van der Waals surface area contributed by atoms with Gasteiger partial charge in [0.15, 0.2) is 6.10 Å². The second kappa shape index (κ2) is 8.61. The average molecular weight is 379 g/mol. The molecule has 0 aliphatic carbocycles. The molecule has 0 saturated carbocycles. The van der Waals surface area contributed by atoms with Crippen LogP contribution < -0.4 is 14.8 Å². The summed E-state index contributed by atoms with van der Waals surface area (Å²) >= 11 is 0. The smallest absolute Gasteiger partial charge is 0.266 e. The maximum Gasteiger partial charge on any atom is 0.266 e. The Morgan fingerprint density at radius 1 is 1.07 bits per heavy atom. The van der Waals surface area contributed by atoms with Gasteiger partial charge in [-0.25, -0.2) is 4.68 Å². The Kier molecular flexibility index (Phi) is 5.99. The van der Waals surface area contributed by atoms with Crippen LogP contribution in [-0.4, -0.2) is 28.9 Å². The molecule has 0 bridgehead atoms. The SMILES string of the molecule is COc1ccc(Cn2nccc2NC(=O)[C@H](C)Oc2ccc(C)c(C)c2)cc1. The van der Waals surface area contributed by atoms with Gasteiger partial charge in [0.2, 0.25) is 0 Å². The number of methoxy groups -OCH3 is 1. The molecule has 0 radical (unpaired) electrons. The van der Waals surface area contributed by atoms with E-state index in [1.807, 2.05) is 56.3 Å². The minimum Gasteiger partial charge on any atom is -0.497 e. The van der Waals surface area contributed by atoms with Gasteiger partial charge < -0.3 is 14.8 Å². The normalized spacial score (nSPS) is 11.7. The molecule has 28 heavy (non-hydrogen) atoms. The van der Waals surface area contributed by atoms with Crippen LogP contribution >= 0.6 is 0 Å². The van der Waals surface area contributed by atoms with Crippen LogP contribution in [0.4, 0.5) is 5.82 Å². The zero-order chi connectivity index (χ0) is 20.1. The van der Waals surface area contributed by atoms with Crippen molar-refractivity contribution in [1.82, 2.24) is 9.78 Å². The Morgan fingerprint density at radius 3 is 2.46 bits per heavy atom. The van der Waals surface area contributed by atoms with Crippen LogP contribution in [0.15, 0.2) is 54.7 Å². The number of rotatable bonds is 7. The predicted molar refractivity (Wildman–Crippen MR) is 109 cm³/mol. The molecule has 3 aromatic rings. The van der Waals surface area contributed by atoms with E-state index in [2.05, 4.69) is 10.4 Å². The largest absolute Gasteiger partial charge is 0.497 e. The van der Waals surface area contributed by atoms with Crippen molar-refractivity contribution in [3.8, 4) is 11.5 Å². The van der Waals surface area contributed by atoms with Crippen LogP contribution in [0.2, 0.25) is 0 Å². The van der Waals surface area contributed by atoms with E-state index in [0.29, 0.717) is 18.1 Å². The number of amides is 1. The second-order valence-corrected chi connectivity index (χ2v) is 6.72. The van der Waals surface area contributed by atoms with Crippen molar-refractivity contribution < 1.29 is 14.3 Å². The highest BCUT2D eigenvalue weighted by atomic mass is 16.5. The van der Waals surface area contributed by atoms with Crippen LogP contribution in [0.25, 0.3) is 0 Å². The fourth-order valence-corrected chi connectivity index (χ4v) is 2.74. The second-order valence-electron chi connectivity index (χ2n) is 6.72. The molecule has 6 heteroatoms. The van der Waals surface area contributed by atoms with E-state index in [1.54, 1.807) is 31.0 Å². The summed E-state index contributed by atoms with van der Waals surface area (Å²) in [6, 6.07) is 15.3. The Bertz CT molecular complexity index is 948. The van der Waals surface area contributed by atoms with E-state index in [4.69, 9.17) is 9.47 Å². The molecule has 0 aliphatic rings. The molecule has 0 unspecified atom stereocenters. The number of hydrogen-bond acceptors (Lipinski definition) is 4. The van der Waals surface area contributed by atoms with Gasteiger partial charge in [-0.15, -0.1) is 0 Å². The number of aromatic nitrogens is 2. The quantitative estimate of drug-likeness (QED) is 0.675. The van der Waals surface area contributed by atoms with Gasteiger partial charge >= 0.3 is 0 Å². The summed E-state index contributed by atoms with van der Waals surface area (Å²) in [6.45, 7) is 6.33. The number of ether oxygens (including phenoxy) is 2. The molecule has 0 fully saturated rings. The van der Waals surface area contributed by atoms with Crippen molar-refractivity contribution in [3.05, 3.63) is 71.4 Å². The van der Waals surface area contributed by atoms with E-state index in [-0.39, 0.29) is 5.91 Å². The van der Waals surface area contributed by atoms with Gasteiger partial charge in [0.1, 0.15) is 17.3 Å². The van der Waals surface area contributed by atoms with Crippen molar-refractivity contribution >= 4 is 11.7 Å². The first kappa shape index (κ1) is 19.5. The Hall–Kier alpha value is -3.28. The third kappa shape index (κ3) is 4.71. The van der Waals surface area contributed by atoms with Crippen LogP contribution in [0.1, 0.15) is 23.6 Å². The Morgan fingerprint density at radius 2 is 1.79 bits per heavy atom. The van der Waals surface area contributed by atoms with Crippen molar-refractivity contribution in [3.63, 3.8) is 0 Å². The average Bonchev–Trinajstić information content (AvgIpc) is 3.12. The lowest BCUT2D eigenvalue weighted by Crippen LogP contribution is -2.31. The van der Waals surface area contributed by atoms with E-state index in [9.17, 15) is 4.79 Å². The third-order valence-electron chi connectivity index (χ3n) is 4.62. The van der Waals surface area contributed by atoms with Gasteiger partial charge in [0.05, 0.1) is 19.9 Å². The van der Waals surface area contributed by atoms with Gasteiger partial charge in [-0.05, 0) is 61.7 Å². The lowest BCUT2D eigenvalue weighted by atomic mass is 10.1. The molecule has 0 saturated heterocycles. The molecular formula is C22H25N3O3. The lowest BCUT2D eigenvalue weighted by Gasteiger charge is -2.16. The molecule has 146 valence electrons. The zero-order valence-electron chi connectivity index (χ0n) is 16.6. The summed E-state index contributed by atoms with van der Waals surface area (Å²) in [5.74, 6) is 1.87. The lowest BCUT2D eigenvalue weighted by molar-refractivity contribution is -0.122. The van der Waals surface area contributed by atoms with Crippen molar-refractivity contribution in [2.24, 2.45) is 0 Å². The maximum atomic E-state index is 12.6. The highest BCUT2D eigenvalue weighted by molar-refractivity contribution is 5.93. The molecule has 0 aliphatic heterocycles. The number of nitrogens with zero attached hydrogens (tertiary/aromatic N) is 2. The molecule has 1 amide bonds. The van der Waals surface area contributed by atoms with Gasteiger partial charge in [-0.2, -0.15) is 5.10 Å². The highest BCUT2D eigenvalue weighted by Crippen LogP contribution is 2.19. The van der Waals surface area contributed by atoms with Crippen LogP contribution in [0.5, 0.6) is 11.5 Å². The molecular weight excluding hydrogens is 354 g/mol. The first-order chi connectivity index (χ1) is 13.5. The van der Waals surface area contributed by atoms with Crippen LogP contribution in [0, 0.1) is 13.8 Å². The number of benzene rings is 2. The number of anilines is 1. The predicted octanol–water partition coefficient (Wildman–Crippen LogP) is 3.96. The monoisotopic (exact) mass is 379 g/mol. The fraction of sp³-hybridized carbons (Fsp3) is 0.273. The fourth-order valence-electron chi connectivity index (χ4n) is 2.74. The maximum absolute atomic E-state index is 12.6. The van der Waals surface area contributed by atoms with Crippen molar-refractivity contribution in [2.45, 2.75) is 33.4 Å².